The van der Waals surface area contributed by atoms with Crippen LogP contribution in [0.15, 0.2) is 12.2 Å². The summed E-state index contributed by atoms with van der Waals surface area (Å²) >= 11 is 0. The molecule has 2 rings (SSSR count). The Morgan fingerprint density at radius 3 is 2.27 bits per heavy atom. The third-order valence-corrected chi connectivity index (χ3v) is 3.92. The highest BCUT2D eigenvalue weighted by Crippen LogP contribution is 2.29. The topological polar surface area (TPSA) is 12.0 Å². The fourth-order valence-corrected chi connectivity index (χ4v) is 3.36. The molecule has 3 atom stereocenters. The summed E-state index contributed by atoms with van der Waals surface area (Å²) in [5.41, 5.74) is 0. The van der Waals surface area contributed by atoms with Crippen LogP contribution in [0.5, 0.6) is 0 Å². The van der Waals surface area contributed by atoms with Crippen LogP contribution in [-0.2, 0) is 0 Å². The van der Waals surface area contributed by atoms with Crippen molar-refractivity contribution in [3.05, 3.63) is 12.2 Å². The van der Waals surface area contributed by atoms with E-state index in [0.717, 1.165) is 23.9 Å². The Labute approximate surface area is 94.3 Å². The van der Waals surface area contributed by atoms with Crippen molar-refractivity contribution >= 4 is 0 Å². The molecule has 1 nitrogen and oxygen atoms in total. The molecule has 1 heteroatoms. The fourth-order valence-electron chi connectivity index (χ4n) is 3.36. The number of allylic oxidation sites excluding steroid dienone is 1. The second-order valence-corrected chi connectivity index (χ2v) is 5.76. The van der Waals surface area contributed by atoms with Gasteiger partial charge in [0.25, 0.3) is 0 Å². The second kappa shape index (κ2) is 5.16. The maximum Gasteiger partial charge on any atom is 0.0107 e. The quantitative estimate of drug-likeness (QED) is 0.683. The van der Waals surface area contributed by atoms with Gasteiger partial charge in [0.1, 0.15) is 0 Å². The zero-order valence-corrected chi connectivity index (χ0v) is 10.2. The Hall–Kier alpha value is -0.300. The SMILES string of the molecule is CC1CC(C)CC(NC2CC=CCC2)C1. The molecule has 0 spiro atoms. The molecule has 0 bridgehead atoms. The Kier molecular flexibility index (Phi) is 3.85. The first-order valence-corrected chi connectivity index (χ1v) is 6.65. The summed E-state index contributed by atoms with van der Waals surface area (Å²) < 4.78 is 0. The van der Waals surface area contributed by atoms with E-state index < -0.39 is 0 Å². The van der Waals surface area contributed by atoms with Crippen LogP contribution in [0, 0.1) is 11.8 Å². The summed E-state index contributed by atoms with van der Waals surface area (Å²) in [4.78, 5) is 0. The molecule has 0 aromatic heterocycles. The lowest BCUT2D eigenvalue weighted by atomic mass is 9.80. The van der Waals surface area contributed by atoms with E-state index in [4.69, 9.17) is 0 Å². The summed E-state index contributed by atoms with van der Waals surface area (Å²) in [5, 5.41) is 3.87. The van der Waals surface area contributed by atoms with E-state index in [9.17, 15) is 0 Å². The molecule has 0 aliphatic heterocycles. The van der Waals surface area contributed by atoms with Gasteiger partial charge in [-0.05, 0) is 50.4 Å². The third-order valence-electron chi connectivity index (χ3n) is 3.92. The Morgan fingerprint density at radius 2 is 1.67 bits per heavy atom. The standard InChI is InChI=1S/C14H25N/c1-11-8-12(2)10-14(9-11)15-13-6-4-3-5-7-13/h3-4,11-15H,5-10H2,1-2H3. The summed E-state index contributed by atoms with van der Waals surface area (Å²) in [7, 11) is 0. The van der Waals surface area contributed by atoms with Crippen LogP contribution in [0.2, 0.25) is 0 Å². The van der Waals surface area contributed by atoms with Crippen LogP contribution in [0.25, 0.3) is 0 Å². The van der Waals surface area contributed by atoms with Crippen LogP contribution < -0.4 is 5.32 Å². The van der Waals surface area contributed by atoms with Crippen LogP contribution >= 0.6 is 0 Å². The number of nitrogens with one attached hydrogen (secondary N) is 1. The predicted octanol–water partition coefficient (Wildman–Crippen LogP) is 3.51. The van der Waals surface area contributed by atoms with Crippen molar-refractivity contribution in [2.75, 3.05) is 0 Å². The molecule has 3 unspecified atom stereocenters. The Bertz CT molecular complexity index is 211. The van der Waals surface area contributed by atoms with E-state index >= 15 is 0 Å². The minimum absolute atomic E-state index is 0.762. The Morgan fingerprint density at radius 1 is 0.933 bits per heavy atom. The lowest BCUT2D eigenvalue weighted by molar-refractivity contribution is 0.222. The van der Waals surface area contributed by atoms with Crippen LogP contribution in [-0.4, -0.2) is 12.1 Å². The van der Waals surface area contributed by atoms with Crippen molar-refractivity contribution in [1.29, 1.82) is 0 Å². The van der Waals surface area contributed by atoms with Gasteiger partial charge in [0, 0.05) is 12.1 Å². The van der Waals surface area contributed by atoms with E-state index in [0.29, 0.717) is 0 Å². The Balaban J connectivity index is 1.80. The number of rotatable bonds is 2. The average molecular weight is 207 g/mol. The molecular formula is C14H25N. The van der Waals surface area contributed by atoms with E-state index in [1.165, 1.54) is 38.5 Å². The molecule has 1 fully saturated rings. The average Bonchev–Trinajstić information content (AvgIpc) is 2.17. The molecule has 2 aliphatic rings. The fraction of sp³-hybridized carbons (Fsp3) is 0.857. The number of hydrogen-bond acceptors (Lipinski definition) is 1. The van der Waals surface area contributed by atoms with Crippen LogP contribution in [0.4, 0.5) is 0 Å². The normalized spacial score (nSPS) is 41.7. The zero-order chi connectivity index (χ0) is 10.7. The molecular weight excluding hydrogens is 182 g/mol. The maximum absolute atomic E-state index is 3.87. The highest BCUT2D eigenvalue weighted by atomic mass is 15.0. The summed E-state index contributed by atoms with van der Waals surface area (Å²) in [5.74, 6) is 1.84. The van der Waals surface area contributed by atoms with Gasteiger partial charge < -0.3 is 5.32 Å². The molecule has 15 heavy (non-hydrogen) atoms. The summed E-state index contributed by atoms with van der Waals surface area (Å²) in [6.45, 7) is 4.82. The van der Waals surface area contributed by atoms with Gasteiger partial charge in [0.2, 0.25) is 0 Å². The molecule has 0 radical (unpaired) electrons. The van der Waals surface area contributed by atoms with Crippen molar-refractivity contribution in [3.8, 4) is 0 Å². The number of hydrogen-bond donors (Lipinski definition) is 1. The van der Waals surface area contributed by atoms with Gasteiger partial charge in [-0.2, -0.15) is 0 Å². The van der Waals surface area contributed by atoms with E-state index in [1.54, 1.807) is 0 Å². The van der Waals surface area contributed by atoms with Gasteiger partial charge in [0.05, 0.1) is 0 Å². The lowest BCUT2D eigenvalue weighted by Crippen LogP contribution is -2.42. The summed E-state index contributed by atoms with van der Waals surface area (Å²) in [6.07, 6.45) is 12.8. The van der Waals surface area contributed by atoms with Crippen molar-refractivity contribution in [2.24, 2.45) is 11.8 Å². The second-order valence-electron chi connectivity index (χ2n) is 5.76. The van der Waals surface area contributed by atoms with Crippen LogP contribution in [0.3, 0.4) is 0 Å². The predicted molar refractivity (Wildman–Crippen MR) is 65.9 cm³/mol. The maximum atomic E-state index is 3.87. The highest BCUT2D eigenvalue weighted by Gasteiger charge is 2.25. The smallest absolute Gasteiger partial charge is 0.0107 e. The minimum Gasteiger partial charge on any atom is -0.311 e. The third kappa shape index (κ3) is 3.34. The molecule has 86 valence electrons. The van der Waals surface area contributed by atoms with Crippen molar-refractivity contribution in [2.45, 2.75) is 64.5 Å². The monoisotopic (exact) mass is 207 g/mol. The molecule has 1 N–H and O–H groups in total. The van der Waals surface area contributed by atoms with Crippen molar-refractivity contribution in [3.63, 3.8) is 0 Å². The van der Waals surface area contributed by atoms with Crippen molar-refractivity contribution in [1.82, 2.24) is 5.32 Å². The first-order valence-electron chi connectivity index (χ1n) is 6.65. The van der Waals surface area contributed by atoms with E-state index in [2.05, 4.69) is 31.3 Å². The highest BCUT2D eigenvalue weighted by molar-refractivity contribution is 4.94. The molecule has 2 aliphatic carbocycles. The molecule has 1 saturated carbocycles. The first kappa shape index (κ1) is 11.2. The van der Waals surface area contributed by atoms with E-state index in [-0.39, 0.29) is 0 Å². The molecule has 0 aromatic carbocycles. The van der Waals surface area contributed by atoms with Gasteiger partial charge in [-0.15, -0.1) is 0 Å². The largest absolute Gasteiger partial charge is 0.311 e. The molecule has 0 heterocycles. The van der Waals surface area contributed by atoms with Gasteiger partial charge in [-0.25, -0.2) is 0 Å². The van der Waals surface area contributed by atoms with Gasteiger partial charge in [-0.3, -0.25) is 0 Å². The van der Waals surface area contributed by atoms with E-state index in [1.807, 2.05) is 0 Å². The zero-order valence-electron chi connectivity index (χ0n) is 10.2. The molecule has 0 aromatic rings. The molecule has 0 amide bonds. The molecule has 0 saturated heterocycles. The van der Waals surface area contributed by atoms with Gasteiger partial charge in [-0.1, -0.05) is 26.0 Å². The van der Waals surface area contributed by atoms with Crippen LogP contribution in [0.1, 0.15) is 52.4 Å². The minimum atomic E-state index is 0.762. The lowest BCUT2D eigenvalue weighted by Gasteiger charge is -2.35. The summed E-state index contributed by atoms with van der Waals surface area (Å²) in [6, 6.07) is 1.55. The van der Waals surface area contributed by atoms with Gasteiger partial charge >= 0.3 is 0 Å². The van der Waals surface area contributed by atoms with Crippen molar-refractivity contribution < 1.29 is 0 Å². The first-order chi connectivity index (χ1) is 7.24. The van der Waals surface area contributed by atoms with Gasteiger partial charge in [0.15, 0.2) is 0 Å².